The number of nitrogens with zero attached hydrogens (tertiary/aromatic N) is 2. The van der Waals surface area contributed by atoms with Crippen LogP contribution in [0.4, 0.5) is 0 Å². The average molecular weight is 454 g/mol. The summed E-state index contributed by atoms with van der Waals surface area (Å²) in [5.74, 6) is -2.98. The number of carboxylic acids is 2. The molecule has 10 heteroatoms. The number of carbonyl (C=O) groups is 2. The van der Waals surface area contributed by atoms with Crippen LogP contribution in [0.3, 0.4) is 0 Å². The first kappa shape index (κ1) is 20.8. The van der Waals surface area contributed by atoms with Gasteiger partial charge in [0.15, 0.2) is 0 Å². The van der Waals surface area contributed by atoms with Gasteiger partial charge in [-0.15, -0.1) is 0 Å². The topological polar surface area (TPSA) is 158 Å². The molecule has 0 unspecified atom stereocenters. The third-order valence-corrected chi connectivity index (χ3v) is 5.57. The Morgan fingerprint density at radius 3 is 1.15 bits per heavy atom. The summed E-state index contributed by atoms with van der Waals surface area (Å²) in [4.78, 5) is 74.3. The van der Waals surface area contributed by atoms with Gasteiger partial charge in [-0.2, -0.15) is 0 Å². The molecule has 2 aromatic heterocycles. The van der Waals surface area contributed by atoms with E-state index in [1.165, 1.54) is 36.4 Å². The molecule has 0 aliphatic rings. The average Bonchev–Trinajstić information content (AvgIpc) is 3.22. The lowest BCUT2D eigenvalue weighted by molar-refractivity contribution is -0.256. The molecule has 34 heavy (non-hydrogen) atoms. The van der Waals surface area contributed by atoms with Crippen LogP contribution in [0.5, 0.6) is 0 Å². The molecule has 0 aliphatic heterocycles. The minimum Gasteiger partial charge on any atom is -0.545 e. The van der Waals surface area contributed by atoms with Crippen LogP contribution in [0.15, 0.2) is 79.8 Å². The van der Waals surface area contributed by atoms with E-state index in [2.05, 4.69) is 0 Å². The molecule has 0 radical (unpaired) electrons. The normalized spacial score (nSPS) is 11.3. The second-order valence-electron chi connectivity index (χ2n) is 7.51. The van der Waals surface area contributed by atoms with Crippen LogP contribution in [0.2, 0.25) is 0 Å². The van der Waals surface area contributed by atoms with Crippen molar-refractivity contribution in [1.82, 2.24) is 9.13 Å². The van der Waals surface area contributed by atoms with Crippen molar-refractivity contribution in [3.8, 4) is 11.4 Å². The molecule has 166 valence electrons. The molecule has 0 fully saturated rings. The van der Waals surface area contributed by atoms with Crippen LogP contribution in [0.1, 0.15) is 20.7 Å². The van der Waals surface area contributed by atoms with Gasteiger partial charge in [-0.25, -0.2) is 9.13 Å². The standard InChI is InChI=1S/C24H12N2O8/c27-19-15-9-17-18(22(30)26(21(17)29)14-6-2-4-12(8-14)24(33)34)10-16(15)20(28)25(19)13-5-1-3-11(7-13)23(31)32/h1-10H,(H,31,32)(H,33,34)/p-2. The van der Waals surface area contributed by atoms with E-state index in [0.29, 0.717) is 0 Å². The Morgan fingerprint density at radius 1 is 0.529 bits per heavy atom. The second kappa shape index (κ2) is 7.20. The van der Waals surface area contributed by atoms with Crippen LogP contribution in [0, 0.1) is 0 Å². The minimum atomic E-state index is -1.49. The molecule has 10 nitrogen and oxygen atoms in total. The zero-order valence-corrected chi connectivity index (χ0v) is 16.9. The van der Waals surface area contributed by atoms with Gasteiger partial charge in [-0.1, -0.05) is 24.3 Å². The van der Waals surface area contributed by atoms with E-state index < -0.39 is 34.2 Å². The molecule has 5 aromatic rings. The largest absolute Gasteiger partial charge is 0.545 e. The third kappa shape index (κ3) is 2.89. The Morgan fingerprint density at radius 2 is 0.853 bits per heavy atom. The van der Waals surface area contributed by atoms with E-state index in [1.807, 2.05) is 0 Å². The maximum atomic E-state index is 13.0. The van der Waals surface area contributed by atoms with Crippen LogP contribution in [0.25, 0.3) is 32.9 Å². The molecule has 0 spiro atoms. The summed E-state index contributed by atoms with van der Waals surface area (Å²) in [6, 6.07) is 12.4. The van der Waals surface area contributed by atoms with E-state index in [9.17, 15) is 39.0 Å². The Balaban J connectivity index is 1.79. The fraction of sp³-hybridized carbons (Fsp3) is 0. The zero-order chi connectivity index (χ0) is 24.3. The Labute approximate surface area is 187 Å². The Bertz CT molecular complexity index is 1690. The maximum Gasteiger partial charge on any atom is 0.266 e. The summed E-state index contributed by atoms with van der Waals surface area (Å²) in [5.41, 5.74) is -3.68. The van der Waals surface area contributed by atoms with E-state index in [0.717, 1.165) is 33.4 Å². The number of fused-ring (bicyclic) bond motifs is 2. The summed E-state index contributed by atoms with van der Waals surface area (Å²) in [6.07, 6.45) is 0. The van der Waals surface area contributed by atoms with E-state index in [1.54, 1.807) is 0 Å². The fourth-order valence-corrected chi connectivity index (χ4v) is 3.99. The lowest BCUT2D eigenvalue weighted by Crippen LogP contribution is -2.26. The predicted molar refractivity (Wildman–Crippen MR) is 116 cm³/mol. The van der Waals surface area contributed by atoms with Gasteiger partial charge in [0.1, 0.15) is 0 Å². The molecule has 0 bridgehead atoms. The number of hydrogen-bond acceptors (Lipinski definition) is 8. The first-order valence-corrected chi connectivity index (χ1v) is 9.77. The molecule has 2 heterocycles. The molecule has 0 atom stereocenters. The predicted octanol–water partition coefficient (Wildman–Crippen LogP) is -1.38. The Kier molecular flexibility index (Phi) is 4.40. The lowest BCUT2D eigenvalue weighted by atomic mass is 10.1. The summed E-state index contributed by atoms with van der Waals surface area (Å²) in [5, 5.41) is 21.8. The monoisotopic (exact) mass is 454 g/mol. The van der Waals surface area contributed by atoms with Crippen LogP contribution in [-0.4, -0.2) is 21.1 Å². The van der Waals surface area contributed by atoms with E-state index in [4.69, 9.17) is 0 Å². The summed E-state index contributed by atoms with van der Waals surface area (Å²) in [7, 11) is 0. The fourth-order valence-electron chi connectivity index (χ4n) is 3.99. The van der Waals surface area contributed by atoms with Gasteiger partial charge in [0.25, 0.3) is 22.2 Å². The van der Waals surface area contributed by atoms with Gasteiger partial charge in [0.2, 0.25) is 0 Å². The van der Waals surface area contributed by atoms with Crippen LogP contribution in [-0.2, 0) is 0 Å². The van der Waals surface area contributed by atoms with Gasteiger partial charge in [0.05, 0.1) is 44.9 Å². The molecule has 0 amide bonds. The molecular weight excluding hydrogens is 444 g/mol. The molecule has 0 aliphatic carbocycles. The number of benzene rings is 3. The van der Waals surface area contributed by atoms with Crippen molar-refractivity contribution < 1.29 is 19.8 Å². The van der Waals surface area contributed by atoms with Crippen molar-refractivity contribution >= 4 is 33.5 Å². The maximum absolute atomic E-state index is 13.0. The quantitative estimate of drug-likeness (QED) is 0.321. The SMILES string of the molecule is O=C([O-])c1cccc(-n2c(=O)c3cc4c(=O)n(-c5cccc(C(=O)[O-])c5)c(=O)c4cc3c2=O)c1. The lowest BCUT2D eigenvalue weighted by Gasteiger charge is -2.05. The summed E-state index contributed by atoms with van der Waals surface area (Å²) < 4.78 is 1.50. The molecule has 0 N–H and O–H groups in total. The van der Waals surface area contributed by atoms with Crippen molar-refractivity contribution in [3.63, 3.8) is 0 Å². The summed E-state index contributed by atoms with van der Waals surface area (Å²) >= 11 is 0. The van der Waals surface area contributed by atoms with Crippen molar-refractivity contribution in [2.75, 3.05) is 0 Å². The molecule has 0 saturated heterocycles. The van der Waals surface area contributed by atoms with Gasteiger partial charge in [-0.05, 0) is 47.5 Å². The van der Waals surface area contributed by atoms with E-state index >= 15 is 0 Å². The van der Waals surface area contributed by atoms with Crippen molar-refractivity contribution in [3.05, 3.63) is 113 Å². The van der Waals surface area contributed by atoms with Gasteiger partial charge < -0.3 is 19.8 Å². The Hall–Kier alpha value is -5.12. The smallest absolute Gasteiger partial charge is 0.266 e. The number of rotatable bonds is 4. The third-order valence-electron chi connectivity index (χ3n) is 5.57. The highest BCUT2D eigenvalue weighted by Gasteiger charge is 2.21. The highest BCUT2D eigenvalue weighted by molar-refractivity contribution is 5.98. The van der Waals surface area contributed by atoms with Crippen LogP contribution >= 0.6 is 0 Å². The number of aromatic nitrogens is 2. The number of hydrogen-bond donors (Lipinski definition) is 0. The highest BCUT2D eigenvalue weighted by atomic mass is 16.4. The second-order valence-corrected chi connectivity index (χ2v) is 7.51. The first-order chi connectivity index (χ1) is 16.2. The number of aromatic carboxylic acids is 2. The molecule has 0 saturated carbocycles. The van der Waals surface area contributed by atoms with Crippen molar-refractivity contribution in [2.45, 2.75) is 0 Å². The van der Waals surface area contributed by atoms with Gasteiger partial charge >= 0.3 is 0 Å². The van der Waals surface area contributed by atoms with E-state index in [-0.39, 0.29) is 44.0 Å². The first-order valence-electron chi connectivity index (χ1n) is 9.77. The minimum absolute atomic E-state index is 0.00793. The van der Waals surface area contributed by atoms with Crippen molar-refractivity contribution in [1.29, 1.82) is 0 Å². The molecule has 3 aromatic carbocycles. The van der Waals surface area contributed by atoms with Gasteiger partial charge in [-0.3, -0.25) is 19.2 Å². The van der Waals surface area contributed by atoms with Gasteiger partial charge in [0, 0.05) is 0 Å². The number of carbonyl (C=O) groups excluding carboxylic acids is 2. The zero-order valence-electron chi connectivity index (χ0n) is 16.9. The molecular formula is C24H10N2O8-2. The molecule has 5 rings (SSSR count). The highest BCUT2D eigenvalue weighted by Crippen LogP contribution is 2.18. The van der Waals surface area contributed by atoms with Crippen LogP contribution < -0.4 is 32.5 Å². The van der Waals surface area contributed by atoms with Crippen molar-refractivity contribution in [2.24, 2.45) is 0 Å². The number of carboxylic acid groups (broad SMARTS) is 2. The summed E-state index contributed by atoms with van der Waals surface area (Å²) in [6.45, 7) is 0.